The smallest absolute Gasteiger partial charge is 0.159 e. The van der Waals surface area contributed by atoms with Crippen LogP contribution < -0.4 is 4.74 Å². The van der Waals surface area contributed by atoms with Gasteiger partial charge in [-0.1, -0.05) is 25.7 Å². The number of benzene rings is 1. The van der Waals surface area contributed by atoms with Crippen LogP contribution in [-0.4, -0.2) is 25.1 Å². The van der Waals surface area contributed by atoms with Crippen molar-refractivity contribution in [2.24, 2.45) is 0 Å². The Bertz CT molecular complexity index is 407. The minimum atomic E-state index is 0.0909. The second-order valence-corrected chi connectivity index (χ2v) is 5.44. The monoisotopic (exact) mass is 276 g/mol. The topological polar surface area (TPSA) is 38.8 Å². The van der Waals surface area contributed by atoms with E-state index in [-0.39, 0.29) is 5.78 Å². The van der Waals surface area contributed by atoms with Gasteiger partial charge in [-0.15, -0.1) is 0 Å². The lowest BCUT2D eigenvalue weighted by Crippen LogP contribution is -1.98. The van der Waals surface area contributed by atoms with Gasteiger partial charge in [0.25, 0.3) is 0 Å². The highest BCUT2D eigenvalue weighted by Gasteiger charge is 2.20. The molecule has 0 radical (unpaired) electrons. The lowest BCUT2D eigenvalue weighted by molar-refractivity contribution is 0.101. The summed E-state index contributed by atoms with van der Waals surface area (Å²) >= 11 is 0. The van der Waals surface area contributed by atoms with Gasteiger partial charge in [-0.2, -0.15) is 0 Å². The molecule has 1 heterocycles. The molecule has 2 rings (SSSR count). The van der Waals surface area contributed by atoms with E-state index in [0.717, 1.165) is 30.9 Å². The summed E-state index contributed by atoms with van der Waals surface area (Å²) in [7, 11) is 0. The fourth-order valence-corrected chi connectivity index (χ4v) is 2.21. The van der Waals surface area contributed by atoms with E-state index in [9.17, 15) is 4.79 Å². The Kier molecular flexibility index (Phi) is 6.06. The Labute approximate surface area is 121 Å². The van der Waals surface area contributed by atoms with Gasteiger partial charge in [-0.05, 0) is 44.0 Å². The van der Waals surface area contributed by atoms with Gasteiger partial charge in [0, 0.05) is 5.56 Å². The van der Waals surface area contributed by atoms with Crippen LogP contribution in [0.3, 0.4) is 0 Å². The number of rotatable bonds is 10. The number of ketones is 1. The maximum atomic E-state index is 11.1. The summed E-state index contributed by atoms with van der Waals surface area (Å²) in [6.07, 6.45) is 7.99. The molecule has 0 aliphatic carbocycles. The molecule has 1 aromatic carbocycles. The molecule has 1 aliphatic heterocycles. The third-order valence-corrected chi connectivity index (χ3v) is 3.60. The molecular weight excluding hydrogens is 252 g/mol. The SMILES string of the molecule is CC(=O)c1ccc(OCCCCCCCC2CO2)cc1. The Morgan fingerprint density at radius 1 is 1.15 bits per heavy atom. The van der Waals surface area contributed by atoms with Gasteiger partial charge in [-0.25, -0.2) is 0 Å². The van der Waals surface area contributed by atoms with Gasteiger partial charge in [0.1, 0.15) is 5.75 Å². The standard InChI is InChI=1S/C17H24O3/c1-14(18)15-8-10-16(11-9-15)19-12-6-4-2-3-5-7-17-13-20-17/h8-11,17H,2-7,12-13H2,1H3. The van der Waals surface area contributed by atoms with Crippen molar-refractivity contribution in [3.63, 3.8) is 0 Å². The van der Waals surface area contributed by atoms with Crippen LogP contribution in [0.4, 0.5) is 0 Å². The molecule has 1 aliphatic rings. The summed E-state index contributed by atoms with van der Waals surface area (Å²) in [5, 5.41) is 0. The number of hydrogen-bond donors (Lipinski definition) is 0. The average Bonchev–Trinajstić information content (AvgIpc) is 3.26. The van der Waals surface area contributed by atoms with Crippen LogP contribution in [0.15, 0.2) is 24.3 Å². The molecule has 0 amide bonds. The van der Waals surface area contributed by atoms with E-state index < -0.39 is 0 Å². The fraction of sp³-hybridized carbons (Fsp3) is 0.588. The first kappa shape index (κ1) is 15.0. The molecule has 0 bridgehead atoms. The molecule has 1 atom stereocenters. The number of carbonyl (C=O) groups is 1. The van der Waals surface area contributed by atoms with E-state index >= 15 is 0 Å². The highest BCUT2D eigenvalue weighted by molar-refractivity contribution is 5.94. The Hall–Kier alpha value is -1.35. The summed E-state index contributed by atoms with van der Waals surface area (Å²) in [4.78, 5) is 11.1. The van der Waals surface area contributed by atoms with Crippen molar-refractivity contribution in [1.82, 2.24) is 0 Å². The predicted molar refractivity (Wildman–Crippen MR) is 79.4 cm³/mol. The first-order chi connectivity index (χ1) is 9.75. The van der Waals surface area contributed by atoms with Crippen LogP contribution >= 0.6 is 0 Å². The number of Topliss-reactive ketones (excluding diaryl/α,β-unsaturated/α-hetero) is 1. The van der Waals surface area contributed by atoms with Gasteiger partial charge in [0.15, 0.2) is 5.78 Å². The van der Waals surface area contributed by atoms with Crippen LogP contribution in [0.1, 0.15) is 55.8 Å². The van der Waals surface area contributed by atoms with Gasteiger partial charge < -0.3 is 9.47 Å². The number of hydrogen-bond acceptors (Lipinski definition) is 3. The maximum Gasteiger partial charge on any atom is 0.159 e. The summed E-state index contributed by atoms with van der Waals surface area (Å²) in [6, 6.07) is 7.37. The van der Waals surface area contributed by atoms with E-state index in [1.54, 1.807) is 6.92 Å². The van der Waals surface area contributed by atoms with E-state index in [4.69, 9.17) is 9.47 Å². The van der Waals surface area contributed by atoms with E-state index in [1.165, 1.54) is 32.1 Å². The predicted octanol–water partition coefficient (Wildman–Crippen LogP) is 4.01. The molecule has 1 saturated heterocycles. The summed E-state index contributed by atoms with van der Waals surface area (Å²) in [5.74, 6) is 0.939. The highest BCUT2D eigenvalue weighted by atomic mass is 16.6. The molecule has 3 nitrogen and oxygen atoms in total. The van der Waals surface area contributed by atoms with Gasteiger partial charge >= 0.3 is 0 Å². The van der Waals surface area contributed by atoms with E-state index in [0.29, 0.717) is 6.10 Å². The van der Waals surface area contributed by atoms with Crippen LogP contribution in [0.5, 0.6) is 5.75 Å². The van der Waals surface area contributed by atoms with Crippen molar-refractivity contribution in [2.75, 3.05) is 13.2 Å². The quantitative estimate of drug-likeness (QED) is 0.368. The molecule has 1 aromatic rings. The Morgan fingerprint density at radius 2 is 1.80 bits per heavy atom. The van der Waals surface area contributed by atoms with E-state index in [2.05, 4.69) is 0 Å². The molecule has 20 heavy (non-hydrogen) atoms. The molecule has 1 fully saturated rings. The van der Waals surface area contributed by atoms with E-state index in [1.807, 2.05) is 24.3 Å². The number of epoxide rings is 1. The van der Waals surface area contributed by atoms with Crippen molar-refractivity contribution in [1.29, 1.82) is 0 Å². The number of unbranched alkanes of at least 4 members (excludes halogenated alkanes) is 4. The van der Waals surface area contributed by atoms with Crippen molar-refractivity contribution < 1.29 is 14.3 Å². The molecule has 0 N–H and O–H groups in total. The van der Waals surface area contributed by atoms with Crippen LogP contribution in [0, 0.1) is 0 Å². The Balaban J connectivity index is 1.48. The molecule has 110 valence electrons. The summed E-state index contributed by atoms with van der Waals surface area (Å²) < 4.78 is 10.8. The third kappa shape index (κ3) is 5.74. The maximum absolute atomic E-state index is 11.1. The van der Waals surface area contributed by atoms with Crippen LogP contribution in [0.2, 0.25) is 0 Å². The summed E-state index contributed by atoms with van der Waals surface area (Å²) in [5.41, 5.74) is 0.733. The molecule has 0 saturated carbocycles. The highest BCUT2D eigenvalue weighted by Crippen LogP contribution is 2.18. The Morgan fingerprint density at radius 3 is 2.45 bits per heavy atom. The lowest BCUT2D eigenvalue weighted by Gasteiger charge is -2.06. The van der Waals surface area contributed by atoms with Crippen molar-refractivity contribution in [3.8, 4) is 5.75 Å². The van der Waals surface area contributed by atoms with Crippen molar-refractivity contribution in [2.45, 2.75) is 51.6 Å². The van der Waals surface area contributed by atoms with Crippen LogP contribution in [-0.2, 0) is 4.74 Å². The van der Waals surface area contributed by atoms with Crippen molar-refractivity contribution >= 4 is 5.78 Å². The molecule has 1 unspecified atom stereocenters. The van der Waals surface area contributed by atoms with Gasteiger partial charge in [0.2, 0.25) is 0 Å². The fourth-order valence-electron chi connectivity index (χ4n) is 2.21. The minimum Gasteiger partial charge on any atom is -0.494 e. The molecule has 0 aromatic heterocycles. The number of carbonyl (C=O) groups excluding carboxylic acids is 1. The average molecular weight is 276 g/mol. The molecule has 0 spiro atoms. The van der Waals surface area contributed by atoms with Gasteiger partial charge in [0.05, 0.1) is 19.3 Å². The van der Waals surface area contributed by atoms with Gasteiger partial charge in [-0.3, -0.25) is 4.79 Å². The molecular formula is C17H24O3. The normalized spacial score (nSPS) is 16.9. The summed E-state index contributed by atoms with van der Waals surface area (Å²) in [6.45, 7) is 3.31. The first-order valence-electron chi connectivity index (χ1n) is 7.61. The third-order valence-electron chi connectivity index (χ3n) is 3.60. The first-order valence-corrected chi connectivity index (χ1v) is 7.61. The zero-order valence-corrected chi connectivity index (χ0v) is 12.3. The zero-order valence-electron chi connectivity index (χ0n) is 12.3. The zero-order chi connectivity index (χ0) is 14.2. The van der Waals surface area contributed by atoms with Crippen molar-refractivity contribution in [3.05, 3.63) is 29.8 Å². The molecule has 3 heteroatoms. The largest absolute Gasteiger partial charge is 0.494 e. The lowest BCUT2D eigenvalue weighted by atomic mass is 10.1. The number of ether oxygens (including phenoxy) is 2. The second-order valence-electron chi connectivity index (χ2n) is 5.44. The van der Waals surface area contributed by atoms with Crippen LogP contribution in [0.25, 0.3) is 0 Å². The second kappa shape index (κ2) is 8.05. The minimum absolute atomic E-state index is 0.0909.